The summed E-state index contributed by atoms with van der Waals surface area (Å²) in [5, 5.41) is 17.1. The largest absolute Gasteiger partial charge is 0.481 e. The molecule has 0 saturated heterocycles. The zero-order valence-electron chi connectivity index (χ0n) is 14.0. The highest BCUT2D eigenvalue weighted by atomic mass is 35.5. The Bertz CT molecular complexity index is 792. The van der Waals surface area contributed by atoms with Gasteiger partial charge in [0.1, 0.15) is 0 Å². The van der Waals surface area contributed by atoms with E-state index in [0.717, 1.165) is 18.5 Å². The van der Waals surface area contributed by atoms with Gasteiger partial charge in [-0.3, -0.25) is 9.59 Å². The number of benzene rings is 1. The Morgan fingerprint density at radius 3 is 2.52 bits per heavy atom. The summed E-state index contributed by atoms with van der Waals surface area (Å²) in [6, 6.07) is 7.15. The van der Waals surface area contributed by atoms with Crippen molar-refractivity contribution >= 4 is 23.5 Å². The number of carbonyl (C=O) groups excluding carboxylic acids is 1. The Hall–Kier alpha value is -2.34. The van der Waals surface area contributed by atoms with Crippen LogP contribution in [0, 0.1) is 6.92 Å². The SMILES string of the molecule is Cc1nn(-c2ccc(Cl)cc2)cc1C(=O)NC1(CC(=O)O)CCCC1. The van der Waals surface area contributed by atoms with Crippen molar-refractivity contribution in [3.63, 3.8) is 0 Å². The number of aliphatic carboxylic acids is 1. The highest BCUT2D eigenvalue weighted by Crippen LogP contribution is 2.33. The molecule has 1 aliphatic rings. The summed E-state index contributed by atoms with van der Waals surface area (Å²) in [5.74, 6) is -1.17. The van der Waals surface area contributed by atoms with Gasteiger partial charge in [-0.1, -0.05) is 24.4 Å². The van der Waals surface area contributed by atoms with Gasteiger partial charge in [0.25, 0.3) is 5.91 Å². The molecule has 0 bridgehead atoms. The van der Waals surface area contributed by atoms with Gasteiger partial charge in [0, 0.05) is 11.2 Å². The predicted octanol–water partition coefficient (Wildman–Crippen LogP) is 3.35. The molecule has 132 valence electrons. The van der Waals surface area contributed by atoms with Crippen molar-refractivity contribution in [3.8, 4) is 5.69 Å². The maximum atomic E-state index is 12.7. The minimum Gasteiger partial charge on any atom is -0.481 e. The molecule has 1 aromatic heterocycles. The lowest BCUT2D eigenvalue weighted by Gasteiger charge is -2.28. The van der Waals surface area contributed by atoms with E-state index in [-0.39, 0.29) is 12.3 Å². The number of rotatable bonds is 5. The molecule has 1 aliphatic carbocycles. The zero-order chi connectivity index (χ0) is 18.0. The Morgan fingerprint density at radius 1 is 1.28 bits per heavy atom. The first-order valence-corrected chi connectivity index (χ1v) is 8.63. The molecule has 1 aromatic carbocycles. The summed E-state index contributed by atoms with van der Waals surface area (Å²) in [7, 11) is 0. The molecule has 0 radical (unpaired) electrons. The monoisotopic (exact) mass is 361 g/mol. The molecule has 0 unspecified atom stereocenters. The summed E-state index contributed by atoms with van der Waals surface area (Å²) in [6.07, 6.45) is 4.85. The summed E-state index contributed by atoms with van der Waals surface area (Å²) < 4.78 is 1.62. The molecule has 6 nitrogen and oxygen atoms in total. The van der Waals surface area contributed by atoms with Gasteiger partial charge in [-0.2, -0.15) is 5.10 Å². The summed E-state index contributed by atoms with van der Waals surface area (Å²) in [6.45, 7) is 1.76. The van der Waals surface area contributed by atoms with Crippen LogP contribution in [-0.2, 0) is 4.79 Å². The Balaban J connectivity index is 1.82. The molecule has 0 atom stereocenters. The molecule has 3 rings (SSSR count). The molecule has 25 heavy (non-hydrogen) atoms. The number of carboxylic acid groups (broad SMARTS) is 1. The molecule has 1 amide bonds. The lowest BCUT2D eigenvalue weighted by Crippen LogP contribution is -2.47. The number of hydrogen-bond donors (Lipinski definition) is 2. The molecule has 0 aliphatic heterocycles. The lowest BCUT2D eigenvalue weighted by molar-refractivity contribution is -0.138. The molecule has 7 heteroatoms. The molecular weight excluding hydrogens is 342 g/mol. The standard InChI is InChI=1S/C18H20ClN3O3/c1-12-15(11-22(21-12)14-6-4-13(19)5-7-14)17(25)20-18(10-16(23)24)8-2-3-9-18/h4-7,11H,2-3,8-10H2,1H3,(H,20,25)(H,23,24). The first kappa shape index (κ1) is 17.5. The van der Waals surface area contributed by atoms with Crippen molar-refractivity contribution in [1.82, 2.24) is 15.1 Å². The zero-order valence-corrected chi connectivity index (χ0v) is 14.7. The molecule has 1 fully saturated rings. The van der Waals surface area contributed by atoms with Crippen LogP contribution < -0.4 is 5.32 Å². The Morgan fingerprint density at radius 2 is 1.92 bits per heavy atom. The number of nitrogens with zero attached hydrogens (tertiary/aromatic N) is 2. The van der Waals surface area contributed by atoms with Gasteiger partial charge in [-0.25, -0.2) is 4.68 Å². The van der Waals surface area contributed by atoms with Crippen LogP contribution in [0.3, 0.4) is 0 Å². The van der Waals surface area contributed by atoms with Crippen LogP contribution in [0.4, 0.5) is 0 Å². The maximum Gasteiger partial charge on any atom is 0.305 e. The van der Waals surface area contributed by atoms with Crippen LogP contribution in [0.2, 0.25) is 5.02 Å². The van der Waals surface area contributed by atoms with Crippen LogP contribution >= 0.6 is 11.6 Å². The fourth-order valence-electron chi connectivity index (χ4n) is 3.40. The van der Waals surface area contributed by atoms with Crippen molar-refractivity contribution in [2.24, 2.45) is 0 Å². The molecular formula is C18H20ClN3O3. The van der Waals surface area contributed by atoms with Crippen LogP contribution in [-0.4, -0.2) is 32.3 Å². The topological polar surface area (TPSA) is 84.2 Å². The Labute approximate surface area is 150 Å². The molecule has 0 spiro atoms. The summed E-state index contributed by atoms with van der Waals surface area (Å²) in [4.78, 5) is 23.9. The van der Waals surface area contributed by atoms with E-state index in [1.165, 1.54) is 0 Å². The van der Waals surface area contributed by atoms with Gasteiger partial charge < -0.3 is 10.4 Å². The molecule has 2 N–H and O–H groups in total. The molecule has 1 heterocycles. The lowest BCUT2D eigenvalue weighted by atomic mass is 9.92. The van der Waals surface area contributed by atoms with Crippen molar-refractivity contribution in [2.45, 2.75) is 44.6 Å². The van der Waals surface area contributed by atoms with E-state index in [2.05, 4.69) is 10.4 Å². The third-order valence-electron chi connectivity index (χ3n) is 4.66. The third-order valence-corrected chi connectivity index (χ3v) is 4.92. The smallest absolute Gasteiger partial charge is 0.305 e. The average Bonchev–Trinajstić information content (AvgIpc) is 3.14. The first-order chi connectivity index (χ1) is 11.9. The number of hydrogen-bond acceptors (Lipinski definition) is 3. The summed E-state index contributed by atoms with van der Waals surface area (Å²) >= 11 is 5.90. The predicted molar refractivity (Wildman–Crippen MR) is 94.2 cm³/mol. The van der Waals surface area contributed by atoms with E-state index in [9.17, 15) is 14.7 Å². The quantitative estimate of drug-likeness (QED) is 0.855. The van der Waals surface area contributed by atoms with Crippen LogP contribution in [0.1, 0.15) is 48.2 Å². The number of halogens is 1. The minimum atomic E-state index is -0.893. The number of aromatic nitrogens is 2. The van der Waals surface area contributed by atoms with Gasteiger partial charge >= 0.3 is 5.97 Å². The fraction of sp³-hybridized carbons (Fsp3) is 0.389. The average molecular weight is 362 g/mol. The summed E-state index contributed by atoms with van der Waals surface area (Å²) in [5.41, 5.74) is 1.19. The Kier molecular flexibility index (Phi) is 4.81. The second kappa shape index (κ2) is 6.88. The van der Waals surface area contributed by atoms with Gasteiger partial charge in [0.05, 0.1) is 28.9 Å². The molecule has 1 saturated carbocycles. The second-order valence-electron chi connectivity index (χ2n) is 6.56. The highest BCUT2D eigenvalue weighted by molar-refractivity contribution is 6.30. The third kappa shape index (κ3) is 3.85. The van der Waals surface area contributed by atoms with Gasteiger partial charge in [-0.15, -0.1) is 0 Å². The van der Waals surface area contributed by atoms with Gasteiger partial charge in [-0.05, 0) is 44.0 Å². The number of carbonyl (C=O) groups is 2. The van der Waals surface area contributed by atoms with E-state index in [1.54, 1.807) is 29.9 Å². The number of carboxylic acids is 1. The second-order valence-corrected chi connectivity index (χ2v) is 7.00. The van der Waals surface area contributed by atoms with Crippen LogP contribution in [0.25, 0.3) is 5.69 Å². The van der Waals surface area contributed by atoms with Crippen LogP contribution in [0.15, 0.2) is 30.5 Å². The minimum absolute atomic E-state index is 0.0525. The maximum absolute atomic E-state index is 12.7. The van der Waals surface area contributed by atoms with E-state index in [1.807, 2.05) is 12.1 Å². The first-order valence-electron chi connectivity index (χ1n) is 8.25. The van der Waals surface area contributed by atoms with E-state index < -0.39 is 11.5 Å². The van der Waals surface area contributed by atoms with E-state index in [0.29, 0.717) is 29.1 Å². The van der Waals surface area contributed by atoms with Crippen molar-refractivity contribution in [3.05, 3.63) is 46.7 Å². The van der Waals surface area contributed by atoms with Gasteiger partial charge in [0.15, 0.2) is 0 Å². The van der Waals surface area contributed by atoms with Gasteiger partial charge in [0.2, 0.25) is 0 Å². The number of nitrogens with one attached hydrogen (secondary N) is 1. The van der Waals surface area contributed by atoms with E-state index in [4.69, 9.17) is 11.6 Å². The van der Waals surface area contributed by atoms with Crippen molar-refractivity contribution < 1.29 is 14.7 Å². The van der Waals surface area contributed by atoms with Crippen molar-refractivity contribution in [2.75, 3.05) is 0 Å². The fourth-order valence-corrected chi connectivity index (χ4v) is 3.53. The van der Waals surface area contributed by atoms with Crippen LogP contribution in [0.5, 0.6) is 0 Å². The molecule has 2 aromatic rings. The normalized spacial score (nSPS) is 15.9. The highest BCUT2D eigenvalue weighted by Gasteiger charge is 2.38. The number of aryl methyl sites for hydroxylation is 1. The van der Waals surface area contributed by atoms with E-state index >= 15 is 0 Å². The number of amides is 1. The van der Waals surface area contributed by atoms with Crippen molar-refractivity contribution in [1.29, 1.82) is 0 Å².